The number of aryl methyl sites for hydroxylation is 2. The van der Waals surface area contributed by atoms with E-state index in [0.717, 1.165) is 5.56 Å². The third-order valence-corrected chi connectivity index (χ3v) is 6.50. The minimum Gasteiger partial charge on any atom is -0.376 e. The SMILES string of the molecule is CCN(CC)S(=O)(=O)c1ccc(C)c(NC(=O)CNc2ccc(C)c(F)c2)c1. The summed E-state index contributed by atoms with van der Waals surface area (Å²) in [7, 11) is -3.62. The van der Waals surface area contributed by atoms with Crippen molar-refractivity contribution in [1.82, 2.24) is 4.31 Å². The van der Waals surface area contributed by atoms with Gasteiger partial charge in [-0.15, -0.1) is 0 Å². The van der Waals surface area contributed by atoms with Crippen LogP contribution in [-0.4, -0.2) is 38.3 Å². The Labute approximate surface area is 165 Å². The molecule has 0 saturated carbocycles. The molecule has 28 heavy (non-hydrogen) atoms. The van der Waals surface area contributed by atoms with Gasteiger partial charge in [-0.2, -0.15) is 4.31 Å². The second kappa shape index (κ2) is 9.16. The average molecular weight is 408 g/mol. The molecule has 0 spiro atoms. The maximum Gasteiger partial charge on any atom is 0.243 e. The van der Waals surface area contributed by atoms with Crippen molar-refractivity contribution in [3.05, 3.63) is 53.3 Å². The zero-order valence-corrected chi connectivity index (χ0v) is 17.4. The number of sulfonamides is 1. The molecule has 0 atom stereocenters. The smallest absolute Gasteiger partial charge is 0.243 e. The van der Waals surface area contributed by atoms with Crippen molar-refractivity contribution in [2.24, 2.45) is 0 Å². The van der Waals surface area contributed by atoms with Crippen LogP contribution in [0.4, 0.5) is 15.8 Å². The van der Waals surface area contributed by atoms with Crippen LogP contribution in [-0.2, 0) is 14.8 Å². The molecule has 0 heterocycles. The number of anilines is 2. The Morgan fingerprint density at radius 1 is 1.04 bits per heavy atom. The molecule has 152 valence electrons. The largest absolute Gasteiger partial charge is 0.376 e. The summed E-state index contributed by atoms with van der Waals surface area (Å²) in [4.78, 5) is 12.4. The minimum atomic E-state index is -3.62. The number of carbonyl (C=O) groups excluding carboxylic acids is 1. The number of rotatable bonds is 8. The lowest BCUT2D eigenvalue weighted by Gasteiger charge is -2.19. The maximum absolute atomic E-state index is 13.6. The van der Waals surface area contributed by atoms with Gasteiger partial charge in [0.15, 0.2) is 0 Å². The number of hydrogen-bond donors (Lipinski definition) is 2. The molecule has 0 fully saturated rings. The summed E-state index contributed by atoms with van der Waals surface area (Å²) in [5.74, 6) is -0.711. The first-order valence-corrected chi connectivity index (χ1v) is 10.5. The Bertz CT molecular complexity index is 957. The molecule has 0 aromatic heterocycles. The summed E-state index contributed by atoms with van der Waals surface area (Å²) < 4.78 is 40.3. The second-order valence-electron chi connectivity index (χ2n) is 6.43. The van der Waals surface area contributed by atoms with E-state index in [1.807, 2.05) is 0 Å². The van der Waals surface area contributed by atoms with E-state index >= 15 is 0 Å². The zero-order chi connectivity index (χ0) is 20.9. The van der Waals surface area contributed by atoms with Crippen molar-refractivity contribution in [1.29, 1.82) is 0 Å². The minimum absolute atomic E-state index is 0.0744. The van der Waals surface area contributed by atoms with E-state index in [4.69, 9.17) is 0 Å². The molecule has 8 heteroatoms. The number of amides is 1. The Kier molecular flexibility index (Phi) is 7.15. The Balaban J connectivity index is 2.12. The first-order valence-electron chi connectivity index (χ1n) is 9.09. The quantitative estimate of drug-likeness (QED) is 0.702. The van der Waals surface area contributed by atoms with Crippen LogP contribution in [0.25, 0.3) is 0 Å². The van der Waals surface area contributed by atoms with Gasteiger partial charge in [0.25, 0.3) is 0 Å². The van der Waals surface area contributed by atoms with Crippen molar-refractivity contribution >= 4 is 27.3 Å². The van der Waals surface area contributed by atoms with Crippen LogP contribution in [0.15, 0.2) is 41.3 Å². The van der Waals surface area contributed by atoms with E-state index < -0.39 is 10.0 Å². The van der Waals surface area contributed by atoms with Crippen LogP contribution in [0.2, 0.25) is 0 Å². The van der Waals surface area contributed by atoms with Gasteiger partial charge < -0.3 is 10.6 Å². The second-order valence-corrected chi connectivity index (χ2v) is 8.37. The van der Waals surface area contributed by atoms with Gasteiger partial charge in [-0.05, 0) is 49.2 Å². The molecule has 0 unspecified atom stereocenters. The van der Waals surface area contributed by atoms with Gasteiger partial charge in [0, 0.05) is 24.5 Å². The molecular weight excluding hydrogens is 381 g/mol. The highest BCUT2D eigenvalue weighted by atomic mass is 32.2. The van der Waals surface area contributed by atoms with Crippen molar-refractivity contribution in [3.63, 3.8) is 0 Å². The molecule has 0 radical (unpaired) electrons. The Hall–Kier alpha value is -2.45. The van der Waals surface area contributed by atoms with E-state index in [1.165, 1.54) is 22.5 Å². The van der Waals surface area contributed by atoms with E-state index in [0.29, 0.717) is 30.0 Å². The molecule has 6 nitrogen and oxygen atoms in total. The van der Waals surface area contributed by atoms with E-state index in [9.17, 15) is 17.6 Å². The van der Waals surface area contributed by atoms with E-state index in [-0.39, 0.29) is 23.2 Å². The highest BCUT2D eigenvalue weighted by Crippen LogP contribution is 2.23. The van der Waals surface area contributed by atoms with E-state index in [1.54, 1.807) is 45.9 Å². The van der Waals surface area contributed by atoms with Gasteiger partial charge in [-0.3, -0.25) is 4.79 Å². The number of hydrogen-bond acceptors (Lipinski definition) is 4. The van der Waals surface area contributed by atoms with Crippen molar-refractivity contribution in [3.8, 4) is 0 Å². The maximum atomic E-state index is 13.6. The monoisotopic (exact) mass is 407 g/mol. The molecule has 2 N–H and O–H groups in total. The van der Waals surface area contributed by atoms with Gasteiger partial charge in [-0.25, -0.2) is 12.8 Å². The fourth-order valence-corrected chi connectivity index (χ4v) is 4.17. The molecule has 0 aliphatic carbocycles. The van der Waals surface area contributed by atoms with E-state index in [2.05, 4.69) is 10.6 Å². The van der Waals surface area contributed by atoms with Gasteiger partial charge in [0.1, 0.15) is 5.82 Å². The number of carbonyl (C=O) groups is 1. The first-order chi connectivity index (χ1) is 13.2. The van der Waals surface area contributed by atoms with Crippen LogP contribution in [0, 0.1) is 19.7 Å². The standard InChI is InChI=1S/C20H26FN3O3S/c1-5-24(6-2)28(26,27)17-10-8-15(4)19(12-17)23-20(25)13-22-16-9-7-14(3)18(21)11-16/h7-12,22H,5-6,13H2,1-4H3,(H,23,25). The summed E-state index contributed by atoms with van der Waals surface area (Å²) in [6.07, 6.45) is 0. The number of nitrogens with zero attached hydrogens (tertiary/aromatic N) is 1. The number of benzene rings is 2. The lowest BCUT2D eigenvalue weighted by Crippen LogP contribution is -2.30. The summed E-state index contributed by atoms with van der Waals surface area (Å²) in [6.45, 7) is 7.65. The predicted octanol–water partition coefficient (Wildman–Crippen LogP) is 3.52. The molecule has 0 bridgehead atoms. The Morgan fingerprint density at radius 2 is 1.68 bits per heavy atom. The third kappa shape index (κ3) is 5.08. The fraction of sp³-hybridized carbons (Fsp3) is 0.350. The van der Waals surface area contributed by atoms with Crippen LogP contribution in [0.1, 0.15) is 25.0 Å². The van der Waals surface area contributed by atoms with Crippen LogP contribution in [0.3, 0.4) is 0 Å². The first kappa shape index (κ1) is 21.8. The molecule has 2 aromatic carbocycles. The average Bonchev–Trinajstić information content (AvgIpc) is 2.65. The fourth-order valence-electron chi connectivity index (χ4n) is 2.69. The molecule has 1 amide bonds. The summed E-state index contributed by atoms with van der Waals surface area (Å²) in [5.41, 5.74) is 2.19. The zero-order valence-electron chi connectivity index (χ0n) is 16.5. The number of halogens is 1. The van der Waals surface area contributed by atoms with Crippen LogP contribution in [0.5, 0.6) is 0 Å². The van der Waals surface area contributed by atoms with Gasteiger partial charge in [0.05, 0.1) is 11.4 Å². The topological polar surface area (TPSA) is 78.5 Å². The van der Waals surface area contributed by atoms with Crippen molar-refractivity contribution in [2.75, 3.05) is 30.3 Å². The lowest BCUT2D eigenvalue weighted by molar-refractivity contribution is -0.114. The molecule has 2 aromatic rings. The molecule has 0 saturated heterocycles. The third-order valence-electron chi connectivity index (χ3n) is 4.45. The van der Waals surface area contributed by atoms with Crippen LogP contribution >= 0.6 is 0 Å². The van der Waals surface area contributed by atoms with Crippen molar-refractivity contribution < 1.29 is 17.6 Å². The normalized spacial score (nSPS) is 11.5. The molecule has 2 rings (SSSR count). The van der Waals surface area contributed by atoms with Gasteiger partial charge in [0.2, 0.25) is 15.9 Å². The number of nitrogens with one attached hydrogen (secondary N) is 2. The Morgan fingerprint density at radius 3 is 2.29 bits per heavy atom. The molecule has 0 aliphatic heterocycles. The highest BCUT2D eigenvalue weighted by Gasteiger charge is 2.22. The molecule has 0 aliphatic rings. The summed E-state index contributed by atoms with van der Waals surface area (Å²) in [6, 6.07) is 9.30. The van der Waals surface area contributed by atoms with Crippen molar-refractivity contribution in [2.45, 2.75) is 32.6 Å². The summed E-state index contributed by atoms with van der Waals surface area (Å²) in [5, 5.41) is 5.57. The van der Waals surface area contributed by atoms with Gasteiger partial charge in [-0.1, -0.05) is 26.0 Å². The predicted molar refractivity (Wildman–Crippen MR) is 110 cm³/mol. The summed E-state index contributed by atoms with van der Waals surface area (Å²) >= 11 is 0. The lowest BCUT2D eigenvalue weighted by atomic mass is 10.2. The highest BCUT2D eigenvalue weighted by molar-refractivity contribution is 7.89. The van der Waals surface area contributed by atoms with Crippen LogP contribution < -0.4 is 10.6 Å². The van der Waals surface area contributed by atoms with Gasteiger partial charge >= 0.3 is 0 Å². The molecular formula is C20H26FN3O3S.